The van der Waals surface area contributed by atoms with Crippen LogP contribution in [0.5, 0.6) is 0 Å². The molecule has 1 aliphatic carbocycles. The summed E-state index contributed by atoms with van der Waals surface area (Å²) >= 11 is 0. The van der Waals surface area contributed by atoms with Gasteiger partial charge in [-0.05, 0) is 48.5 Å². The minimum absolute atomic E-state index is 0.0674. The highest BCUT2D eigenvalue weighted by Crippen LogP contribution is 2.41. The molecule has 2 aliphatic heterocycles. The molecule has 5 rings (SSSR count). The number of cyclic esters (lactones) is 2. The predicted octanol–water partition coefficient (Wildman–Crippen LogP) is 2.73. The molecule has 0 radical (unpaired) electrons. The number of rotatable bonds is 4. The van der Waals surface area contributed by atoms with E-state index in [1.165, 1.54) is 24.3 Å². The zero-order chi connectivity index (χ0) is 24.0. The van der Waals surface area contributed by atoms with Crippen LogP contribution < -0.4 is 9.80 Å². The number of esters is 2. The molecule has 0 unspecified atom stereocenters. The fraction of sp³-hybridized carbons (Fsp3) is 0.167. The minimum atomic E-state index is -1.05. The quantitative estimate of drug-likeness (QED) is 0.653. The van der Waals surface area contributed by atoms with Crippen molar-refractivity contribution in [1.82, 2.24) is 0 Å². The Kier molecular flexibility index (Phi) is 5.05. The van der Waals surface area contributed by atoms with Gasteiger partial charge >= 0.3 is 23.9 Å². The third kappa shape index (κ3) is 3.54. The summed E-state index contributed by atoms with van der Waals surface area (Å²) in [4.78, 5) is 51.1. The van der Waals surface area contributed by atoms with Crippen LogP contribution in [0.1, 0.15) is 33.6 Å². The van der Waals surface area contributed by atoms with Gasteiger partial charge in [0.05, 0.1) is 22.3 Å². The van der Waals surface area contributed by atoms with Gasteiger partial charge in [0.25, 0.3) is 0 Å². The van der Waals surface area contributed by atoms with E-state index in [9.17, 15) is 19.2 Å². The van der Waals surface area contributed by atoms with Crippen LogP contribution in [0, 0.1) is 0 Å². The first-order valence-corrected chi connectivity index (χ1v) is 10.3. The third-order valence-electron chi connectivity index (χ3n) is 6.03. The smallest absolute Gasteiger partial charge is 0.337 e. The standard InChI is InChI=1S/C24H18N2O8/c27-21(28)13-1-5-15(6-2-13)25-11-33-23(31)17-10-20-18(9-19(17)25)24(32)34-12-26(20)16-7-3-14(4-8-16)22(29)30/h1-8H,9-12H2,(H,27,28)(H,29,30). The topological polar surface area (TPSA) is 134 Å². The SMILES string of the molecule is O=C1OCN(c2ccc(C(=O)O)cc2)C2=C1CC1=C(C2)C(=O)OCN1c1ccc(C(=O)O)cc1. The Morgan fingerprint density at radius 3 is 1.32 bits per heavy atom. The van der Waals surface area contributed by atoms with Gasteiger partial charge in [-0.3, -0.25) is 0 Å². The third-order valence-corrected chi connectivity index (χ3v) is 6.03. The molecular weight excluding hydrogens is 444 g/mol. The Labute approximate surface area is 192 Å². The number of hydrogen-bond donors (Lipinski definition) is 2. The van der Waals surface area contributed by atoms with Crippen molar-refractivity contribution in [2.45, 2.75) is 12.8 Å². The van der Waals surface area contributed by atoms with Crippen molar-refractivity contribution in [3.05, 3.63) is 82.2 Å². The first-order valence-electron chi connectivity index (χ1n) is 10.3. The van der Waals surface area contributed by atoms with E-state index in [2.05, 4.69) is 0 Å². The van der Waals surface area contributed by atoms with Gasteiger partial charge in [-0.1, -0.05) is 0 Å². The summed E-state index contributed by atoms with van der Waals surface area (Å²) in [6.45, 7) is -0.135. The van der Waals surface area contributed by atoms with Crippen LogP contribution in [-0.2, 0) is 19.1 Å². The number of carbonyl (C=O) groups is 4. The number of carbonyl (C=O) groups excluding carboxylic acids is 2. The Balaban J connectivity index is 1.50. The van der Waals surface area contributed by atoms with E-state index < -0.39 is 23.9 Å². The van der Waals surface area contributed by atoms with Gasteiger partial charge < -0.3 is 29.5 Å². The van der Waals surface area contributed by atoms with E-state index in [4.69, 9.17) is 19.7 Å². The lowest BCUT2D eigenvalue weighted by Crippen LogP contribution is -2.42. The summed E-state index contributed by atoms with van der Waals surface area (Å²) in [6, 6.07) is 12.3. The molecule has 10 heteroatoms. The molecule has 0 fully saturated rings. The number of nitrogens with zero attached hydrogens (tertiary/aromatic N) is 2. The largest absolute Gasteiger partial charge is 0.478 e. The summed E-state index contributed by atoms with van der Waals surface area (Å²) in [5, 5.41) is 18.3. The Morgan fingerprint density at radius 2 is 1.00 bits per heavy atom. The second-order valence-electron chi connectivity index (χ2n) is 7.89. The average molecular weight is 462 g/mol. The number of allylic oxidation sites excluding steroid dienone is 2. The summed E-state index contributed by atoms with van der Waals surface area (Å²) < 4.78 is 10.7. The number of carboxylic acid groups (broad SMARTS) is 2. The van der Waals surface area contributed by atoms with Gasteiger partial charge in [0.1, 0.15) is 0 Å². The molecule has 0 atom stereocenters. The first kappa shape index (κ1) is 21.3. The van der Waals surface area contributed by atoms with E-state index in [-0.39, 0.29) is 37.4 Å². The van der Waals surface area contributed by atoms with E-state index in [1.54, 1.807) is 34.1 Å². The number of aromatic carboxylic acids is 2. The molecule has 0 saturated carbocycles. The van der Waals surface area contributed by atoms with Crippen LogP contribution in [0.4, 0.5) is 11.4 Å². The van der Waals surface area contributed by atoms with Gasteiger partial charge in [-0.25, -0.2) is 19.2 Å². The van der Waals surface area contributed by atoms with Crippen LogP contribution in [0.3, 0.4) is 0 Å². The molecule has 0 aromatic heterocycles. The second-order valence-corrected chi connectivity index (χ2v) is 7.89. The molecule has 3 aliphatic rings. The molecule has 2 aromatic carbocycles. The normalized spacial score (nSPS) is 17.6. The predicted molar refractivity (Wildman–Crippen MR) is 117 cm³/mol. The highest BCUT2D eigenvalue weighted by molar-refractivity contribution is 5.98. The molecule has 2 N–H and O–H groups in total. The lowest BCUT2D eigenvalue weighted by atomic mass is 9.89. The minimum Gasteiger partial charge on any atom is -0.478 e. The van der Waals surface area contributed by atoms with E-state index in [0.717, 1.165) is 0 Å². The highest BCUT2D eigenvalue weighted by Gasteiger charge is 2.39. The summed E-state index contributed by atoms with van der Waals surface area (Å²) in [6.07, 6.45) is 0.256. The molecule has 0 amide bonds. The van der Waals surface area contributed by atoms with E-state index >= 15 is 0 Å². The molecular formula is C24H18N2O8. The lowest BCUT2D eigenvalue weighted by molar-refractivity contribution is -0.142. The maximum absolute atomic E-state index is 12.7. The number of benzene rings is 2. The molecule has 2 heterocycles. The highest BCUT2D eigenvalue weighted by atomic mass is 16.6. The molecule has 0 spiro atoms. The number of anilines is 2. The lowest BCUT2D eigenvalue weighted by Gasteiger charge is -2.40. The molecule has 2 aromatic rings. The molecule has 0 bridgehead atoms. The monoisotopic (exact) mass is 462 g/mol. The Bertz CT molecular complexity index is 1190. The van der Waals surface area contributed by atoms with Gasteiger partial charge in [-0.2, -0.15) is 0 Å². The van der Waals surface area contributed by atoms with Crippen LogP contribution >= 0.6 is 0 Å². The van der Waals surface area contributed by atoms with Crippen LogP contribution in [0.15, 0.2) is 71.1 Å². The zero-order valence-corrected chi connectivity index (χ0v) is 17.7. The van der Waals surface area contributed by atoms with Crippen molar-refractivity contribution in [3.63, 3.8) is 0 Å². The zero-order valence-electron chi connectivity index (χ0n) is 17.7. The number of carboxylic acids is 2. The first-order chi connectivity index (χ1) is 16.3. The molecule has 0 saturated heterocycles. The van der Waals surface area contributed by atoms with Crippen LogP contribution in [-0.4, -0.2) is 47.6 Å². The van der Waals surface area contributed by atoms with Crippen molar-refractivity contribution in [1.29, 1.82) is 0 Å². The maximum Gasteiger partial charge on any atom is 0.337 e. The summed E-state index contributed by atoms with van der Waals surface area (Å²) in [5.74, 6) is -3.07. The summed E-state index contributed by atoms with van der Waals surface area (Å²) in [5.41, 5.74) is 3.49. The number of hydrogen-bond acceptors (Lipinski definition) is 8. The van der Waals surface area contributed by atoms with Crippen molar-refractivity contribution < 1.29 is 38.9 Å². The Morgan fingerprint density at radius 1 is 0.647 bits per heavy atom. The van der Waals surface area contributed by atoms with E-state index in [0.29, 0.717) is 33.9 Å². The van der Waals surface area contributed by atoms with Crippen LogP contribution in [0.25, 0.3) is 0 Å². The van der Waals surface area contributed by atoms with Crippen molar-refractivity contribution >= 4 is 35.3 Å². The van der Waals surface area contributed by atoms with Gasteiger partial charge in [0.15, 0.2) is 13.5 Å². The maximum atomic E-state index is 12.7. The van der Waals surface area contributed by atoms with Crippen molar-refractivity contribution in [2.24, 2.45) is 0 Å². The fourth-order valence-electron chi connectivity index (χ4n) is 4.25. The van der Waals surface area contributed by atoms with Crippen LogP contribution in [0.2, 0.25) is 0 Å². The molecule has 172 valence electrons. The fourth-order valence-corrected chi connectivity index (χ4v) is 4.25. The van der Waals surface area contributed by atoms with Crippen molar-refractivity contribution in [2.75, 3.05) is 23.3 Å². The molecule has 34 heavy (non-hydrogen) atoms. The van der Waals surface area contributed by atoms with Crippen molar-refractivity contribution in [3.8, 4) is 0 Å². The van der Waals surface area contributed by atoms with Gasteiger partial charge in [0, 0.05) is 35.6 Å². The van der Waals surface area contributed by atoms with Gasteiger partial charge in [0.2, 0.25) is 0 Å². The summed E-state index contributed by atoms with van der Waals surface area (Å²) in [7, 11) is 0. The van der Waals surface area contributed by atoms with E-state index in [1.807, 2.05) is 0 Å². The molecule has 10 nitrogen and oxygen atoms in total. The number of ether oxygens (including phenoxy) is 2. The second kappa shape index (κ2) is 8.07. The van der Waals surface area contributed by atoms with Gasteiger partial charge in [-0.15, -0.1) is 0 Å². The Hall–Kier alpha value is -4.60. The average Bonchev–Trinajstić information content (AvgIpc) is 2.84.